The first-order valence-electron chi connectivity index (χ1n) is 6.59. The van der Waals surface area contributed by atoms with Gasteiger partial charge in [0, 0.05) is 6.42 Å². The number of likely N-dealkylation sites (N-methyl/N-ethyl adjacent to an activating group) is 1. The average Bonchev–Trinajstić information content (AvgIpc) is 2.98. The van der Waals surface area contributed by atoms with Crippen LogP contribution in [0.3, 0.4) is 0 Å². The third-order valence-corrected chi connectivity index (χ3v) is 3.18. The van der Waals surface area contributed by atoms with Gasteiger partial charge in [-0.3, -0.25) is 0 Å². The smallest absolute Gasteiger partial charge is 0.127 e. The predicted octanol–water partition coefficient (Wildman–Crippen LogP) is 2.66. The molecule has 1 unspecified atom stereocenters. The molecule has 1 aliphatic rings. The van der Waals surface area contributed by atoms with Crippen molar-refractivity contribution in [1.82, 2.24) is 5.32 Å². The molecule has 2 rings (SSSR count). The van der Waals surface area contributed by atoms with Gasteiger partial charge in [-0.2, -0.15) is 0 Å². The molecule has 0 saturated carbocycles. The molecule has 1 heterocycles. The van der Waals surface area contributed by atoms with Crippen LogP contribution in [0, 0.1) is 0 Å². The molecule has 0 radical (unpaired) electrons. The van der Waals surface area contributed by atoms with E-state index in [9.17, 15) is 0 Å². The van der Waals surface area contributed by atoms with Crippen molar-refractivity contribution in [2.45, 2.75) is 19.4 Å². The standard InChI is InChI=1S/C15H21NO3/c1-4-16-15(13-9-6-10-19-13)14-11(17-2)7-5-8-12(14)18-3/h5,7-9,15-16H,4,6,10H2,1-3H3. The number of benzene rings is 1. The second kappa shape index (κ2) is 6.48. The fourth-order valence-corrected chi connectivity index (χ4v) is 2.35. The Labute approximate surface area is 114 Å². The van der Waals surface area contributed by atoms with Gasteiger partial charge in [0.25, 0.3) is 0 Å². The zero-order valence-corrected chi connectivity index (χ0v) is 11.7. The lowest BCUT2D eigenvalue weighted by molar-refractivity contribution is 0.213. The number of ether oxygens (including phenoxy) is 3. The summed E-state index contributed by atoms with van der Waals surface area (Å²) in [6, 6.07) is 5.78. The number of hydrogen-bond donors (Lipinski definition) is 1. The van der Waals surface area contributed by atoms with E-state index in [1.54, 1.807) is 14.2 Å². The quantitative estimate of drug-likeness (QED) is 0.856. The average molecular weight is 263 g/mol. The summed E-state index contributed by atoms with van der Waals surface area (Å²) in [6.07, 6.45) is 3.08. The Morgan fingerprint density at radius 2 is 1.95 bits per heavy atom. The van der Waals surface area contributed by atoms with Crippen molar-refractivity contribution in [2.24, 2.45) is 0 Å². The maximum Gasteiger partial charge on any atom is 0.127 e. The Morgan fingerprint density at radius 1 is 1.26 bits per heavy atom. The van der Waals surface area contributed by atoms with Gasteiger partial charge in [0.1, 0.15) is 17.3 Å². The highest BCUT2D eigenvalue weighted by atomic mass is 16.5. The molecule has 0 aromatic heterocycles. The summed E-state index contributed by atoms with van der Waals surface area (Å²) in [5.41, 5.74) is 0.988. The van der Waals surface area contributed by atoms with Crippen molar-refractivity contribution >= 4 is 0 Å². The van der Waals surface area contributed by atoms with E-state index < -0.39 is 0 Å². The molecule has 1 aliphatic heterocycles. The molecule has 1 atom stereocenters. The van der Waals surface area contributed by atoms with Crippen LogP contribution in [0.25, 0.3) is 0 Å². The molecular weight excluding hydrogens is 242 g/mol. The molecule has 19 heavy (non-hydrogen) atoms. The molecule has 0 amide bonds. The summed E-state index contributed by atoms with van der Waals surface area (Å²) in [7, 11) is 3.34. The summed E-state index contributed by atoms with van der Waals surface area (Å²) in [5.74, 6) is 2.56. The molecule has 4 heteroatoms. The van der Waals surface area contributed by atoms with Gasteiger partial charge in [-0.1, -0.05) is 13.0 Å². The zero-order valence-electron chi connectivity index (χ0n) is 11.7. The second-order valence-electron chi connectivity index (χ2n) is 4.31. The minimum Gasteiger partial charge on any atom is -0.496 e. The Morgan fingerprint density at radius 3 is 2.42 bits per heavy atom. The maximum absolute atomic E-state index is 5.71. The van der Waals surface area contributed by atoms with Crippen LogP contribution in [0.5, 0.6) is 11.5 Å². The van der Waals surface area contributed by atoms with Crippen molar-refractivity contribution in [3.8, 4) is 11.5 Å². The minimum absolute atomic E-state index is 0.0291. The normalized spacial score (nSPS) is 15.6. The molecule has 0 spiro atoms. The molecule has 1 aromatic carbocycles. The minimum atomic E-state index is -0.0291. The predicted molar refractivity (Wildman–Crippen MR) is 74.6 cm³/mol. The third-order valence-electron chi connectivity index (χ3n) is 3.18. The van der Waals surface area contributed by atoms with Gasteiger partial charge in [-0.15, -0.1) is 0 Å². The van der Waals surface area contributed by atoms with Crippen LogP contribution >= 0.6 is 0 Å². The number of methoxy groups -OCH3 is 2. The zero-order chi connectivity index (χ0) is 13.7. The van der Waals surface area contributed by atoms with Gasteiger partial charge in [0.05, 0.1) is 32.4 Å². The second-order valence-corrected chi connectivity index (χ2v) is 4.31. The number of nitrogens with one attached hydrogen (secondary N) is 1. The van der Waals surface area contributed by atoms with Crippen LogP contribution in [0.4, 0.5) is 0 Å². The topological polar surface area (TPSA) is 39.7 Å². The highest BCUT2D eigenvalue weighted by molar-refractivity contribution is 5.49. The first kappa shape index (κ1) is 13.7. The molecule has 0 saturated heterocycles. The van der Waals surface area contributed by atoms with Gasteiger partial charge in [0.2, 0.25) is 0 Å². The van der Waals surface area contributed by atoms with E-state index in [-0.39, 0.29) is 6.04 Å². The van der Waals surface area contributed by atoms with Crippen LogP contribution in [0.1, 0.15) is 24.9 Å². The summed E-state index contributed by atoms with van der Waals surface area (Å²) in [5, 5.41) is 3.44. The van der Waals surface area contributed by atoms with Crippen LogP contribution in [0.2, 0.25) is 0 Å². The molecular formula is C15H21NO3. The Balaban J connectivity index is 2.45. The van der Waals surface area contributed by atoms with E-state index in [1.165, 1.54) is 0 Å². The van der Waals surface area contributed by atoms with Gasteiger partial charge in [-0.25, -0.2) is 0 Å². The lowest BCUT2D eigenvalue weighted by Gasteiger charge is -2.23. The number of rotatable bonds is 6. The lowest BCUT2D eigenvalue weighted by atomic mass is 10.0. The van der Waals surface area contributed by atoms with Crippen LogP contribution in [-0.2, 0) is 4.74 Å². The molecule has 0 bridgehead atoms. The highest BCUT2D eigenvalue weighted by Gasteiger charge is 2.26. The van der Waals surface area contributed by atoms with E-state index >= 15 is 0 Å². The fourth-order valence-electron chi connectivity index (χ4n) is 2.35. The summed E-state index contributed by atoms with van der Waals surface area (Å²) in [6.45, 7) is 3.66. The van der Waals surface area contributed by atoms with Crippen molar-refractivity contribution < 1.29 is 14.2 Å². The maximum atomic E-state index is 5.71. The summed E-state index contributed by atoms with van der Waals surface area (Å²) >= 11 is 0. The van der Waals surface area contributed by atoms with E-state index in [0.717, 1.165) is 42.4 Å². The SMILES string of the molecule is CCNC(C1=CCCO1)c1c(OC)cccc1OC. The molecule has 0 aliphatic carbocycles. The summed E-state index contributed by atoms with van der Waals surface area (Å²) < 4.78 is 16.7. The van der Waals surface area contributed by atoms with Gasteiger partial charge in [0.15, 0.2) is 0 Å². The van der Waals surface area contributed by atoms with Crippen LogP contribution in [0.15, 0.2) is 30.0 Å². The first-order valence-corrected chi connectivity index (χ1v) is 6.59. The van der Waals surface area contributed by atoms with Crippen molar-refractivity contribution in [2.75, 3.05) is 27.4 Å². The van der Waals surface area contributed by atoms with E-state index in [2.05, 4.69) is 18.3 Å². The van der Waals surface area contributed by atoms with Crippen LogP contribution < -0.4 is 14.8 Å². The van der Waals surface area contributed by atoms with Crippen molar-refractivity contribution in [3.63, 3.8) is 0 Å². The van der Waals surface area contributed by atoms with E-state index in [1.807, 2.05) is 18.2 Å². The van der Waals surface area contributed by atoms with Crippen molar-refractivity contribution in [1.29, 1.82) is 0 Å². The van der Waals surface area contributed by atoms with Crippen LogP contribution in [-0.4, -0.2) is 27.4 Å². The fraction of sp³-hybridized carbons (Fsp3) is 0.467. The monoisotopic (exact) mass is 263 g/mol. The third kappa shape index (κ3) is 2.84. The molecule has 104 valence electrons. The van der Waals surface area contributed by atoms with Crippen molar-refractivity contribution in [3.05, 3.63) is 35.6 Å². The molecule has 4 nitrogen and oxygen atoms in total. The molecule has 1 aromatic rings. The first-order chi connectivity index (χ1) is 9.31. The van der Waals surface area contributed by atoms with Gasteiger partial charge >= 0.3 is 0 Å². The Bertz CT molecular complexity index is 434. The highest BCUT2D eigenvalue weighted by Crippen LogP contribution is 2.38. The van der Waals surface area contributed by atoms with Gasteiger partial charge in [-0.05, 0) is 24.8 Å². The lowest BCUT2D eigenvalue weighted by Crippen LogP contribution is -2.24. The largest absolute Gasteiger partial charge is 0.496 e. The molecule has 1 N–H and O–H groups in total. The Hall–Kier alpha value is -1.68. The number of hydrogen-bond acceptors (Lipinski definition) is 4. The Kier molecular flexibility index (Phi) is 4.68. The molecule has 0 fully saturated rings. The summed E-state index contributed by atoms with van der Waals surface area (Å²) in [4.78, 5) is 0. The van der Waals surface area contributed by atoms with E-state index in [0.29, 0.717) is 0 Å². The van der Waals surface area contributed by atoms with E-state index in [4.69, 9.17) is 14.2 Å². The van der Waals surface area contributed by atoms with Gasteiger partial charge < -0.3 is 19.5 Å².